The van der Waals surface area contributed by atoms with Crippen LogP contribution >= 0.6 is 0 Å². The summed E-state index contributed by atoms with van der Waals surface area (Å²) in [7, 11) is 0. The molecule has 0 spiro atoms. The molecule has 4 aromatic carbocycles. The third-order valence-electron chi connectivity index (χ3n) is 19.6. The Hall–Kier alpha value is -8.64. The summed E-state index contributed by atoms with van der Waals surface area (Å²) in [4.78, 5) is 76.9. The molecule has 4 saturated carbocycles. The zero-order valence-electron chi connectivity index (χ0n) is 52.1. The second-order valence-electron chi connectivity index (χ2n) is 28.4. The van der Waals surface area contributed by atoms with E-state index in [1.54, 1.807) is 0 Å². The van der Waals surface area contributed by atoms with E-state index >= 15 is 0 Å². The topological polar surface area (TPSA) is 174 Å². The minimum Gasteiger partial charge on any atom is -0.354 e. The molecule has 4 atom stereocenters. The molecular formula is C74H78N8O4. The van der Waals surface area contributed by atoms with E-state index in [1.807, 2.05) is 48.6 Å². The molecule has 6 N–H and O–H groups in total. The number of amides is 4. The number of aromatic amines is 2. The molecule has 0 saturated heterocycles. The molecule has 13 rings (SSSR count). The highest BCUT2D eigenvalue weighted by Crippen LogP contribution is 2.56. The molecule has 12 nitrogen and oxygen atoms in total. The average molecular weight is 1140 g/mol. The van der Waals surface area contributed by atoms with Crippen LogP contribution in [0, 0.1) is 86.9 Å². The highest BCUT2D eigenvalue weighted by molar-refractivity contribution is 6.12. The van der Waals surface area contributed by atoms with E-state index in [-0.39, 0.29) is 69.0 Å². The summed E-state index contributed by atoms with van der Waals surface area (Å²) in [5, 5.41) is 13.5. The minimum atomic E-state index is -0.173. The van der Waals surface area contributed by atoms with Crippen LogP contribution in [0.4, 0.5) is 22.7 Å². The number of rotatable bonds is 12. The Morgan fingerprint density at radius 3 is 0.802 bits per heavy atom. The van der Waals surface area contributed by atoms with Gasteiger partial charge in [0.15, 0.2) is 0 Å². The van der Waals surface area contributed by atoms with E-state index in [4.69, 9.17) is 9.97 Å². The molecule has 4 amide bonds. The summed E-state index contributed by atoms with van der Waals surface area (Å²) < 4.78 is 0. The number of hydrogen-bond acceptors (Lipinski definition) is 6. The SMILES string of the molecule is Cc1cc(C)c(-c2c3nc(c(-c4c(NC(=O)[C@H]5CC5(C)C)cccc4NC(=O)[C@H]4CC4(C)C)c4ccc([nH]4)c(-c4c(C)cc(C)cc4C)c4nc(c(-c5c(NC(=O)[C@H]6CC6(C)C)cccc5NC(=O)[C@H]5CC5(C)C)c5ccc2[nH]5)C=C4)C=C3)c(C)c1. The molecule has 0 unspecified atom stereocenters. The average Bonchev–Trinajstić information content (AvgIpc) is 1.61. The van der Waals surface area contributed by atoms with Crippen molar-refractivity contribution in [2.75, 3.05) is 21.3 Å². The van der Waals surface area contributed by atoms with Crippen molar-refractivity contribution in [2.24, 2.45) is 45.3 Å². The first-order valence-electron chi connectivity index (χ1n) is 30.5. The number of benzene rings is 4. The molecule has 4 aliphatic carbocycles. The summed E-state index contributed by atoms with van der Waals surface area (Å²) in [6.45, 7) is 29.7. The van der Waals surface area contributed by atoms with Crippen LogP contribution in [0.3, 0.4) is 0 Å². The van der Waals surface area contributed by atoms with Gasteiger partial charge in [0.05, 0.1) is 45.5 Å². The van der Waals surface area contributed by atoms with Crippen LogP contribution in [0.15, 0.2) is 84.9 Å². The lowest BCUT2D eigenvalue weighted by Crippen LogP contribution is -2.19. The maximum atomic E-state index is 14.4. The van der Waals surface area contributed by atoms with Gasteiger partial charge in [0.25, 0.3) is 0 Å². The number of nitrogens with one attached hydrogen (secondary N) is 6. The number of fused-ring (bicyclic) bond motifs is 8. The monoisotopic (exact) mass is 1140 g/mol. The highest BCUT2D eigenvalue weighted by atomic mass is 16.2. The van der Waals surface area contributed by atoms with Gasteiger partial charge in [-0.3, -0.25) is 19.2 Å². The van der Waals surface area contributed by atoms with Crippen molar-refractivity contribution in [3.63, 3.8) is 0 Å². The largest absolute Gasteiger partial charge is 0.354 e. The fraction of sp³-hybridized carbons (Fsp3) is 0.351. The fourth-order valence-electron chi connectivity index (χ4n) is 14.0. The number of nitrogens with zero attached hydrogens (tertiary/aromatic N) is 2. The standard InChI is InChI=1S/C74H78N8O4/c1-37-29-39(3)59(40(4)30-37)61-51-21-25-55(75-51)65(63-47(79-67(83)43-33-71(43,7)8)17-15-18-48(63)80-68(84)44-34-72(44,9)10)57-27-23-53(77-57)62(60-41(5)31-38(2)32-42(60)6)54-24-28-58(78-54)66(56-26-22-52(61)76-56)64-49(81-69(85)45-35-73(45,11)12)19-16-20-50(64)82-70(86)46-36-74(46,13)14/h15-32,43-46,75,78H,33-36H2,1-14H3,(H,79,83)(H,80,84)(H,81,85)(H,82,86)/t43-,44-,45-,46-/m1/s1. The van der Waals surface area contributed by atoms with E-state index < -0.39 is 0 Å². The van der Waals surface area contributed by atoms with E-state index in [0.29, 0.717) is 78.8 Å². The lowest BCUT2D eigenvalue weighted by molar-refractivity contribution is -0.118. The van der Waals surface area contributed by atoms with Gasteiger partial charge in [0.2, 0.25) is 23.6 Å². The van der Waals surface area contributed by atoms with Crippen LogP contribution in [0.2, 0.25) is 0 Å². The fourth-order valence-corrected chi connectivity index (χ4v) is 14.0. The van der Waals surface area contributed by atoms with Crippen LogP contribution in [-0.2, 0) is 19.2 Å². The number of aromatic nitrogens is 4. The molecule has 7 aromatic rings. The Kier molecular flexibility index (Phi) is 13.1. The first-order valence-corrected chi connectivity index (χ1v) is 30.5. The molecule has 8 bridgehead atoms. The number of aryl methyl sites for hydroxylation is 6. The lowest BCUT2D eigenvalue weighted by Gasteiger charge is -2.19. The summed E-state index contributed by atoms with van der Waals surface area (Å²) in [5.41, 5.74) is 20.2. The molecule has 4 fully saturated rings. The van der Waals surface area contributed by atoms with Crippen LogP contribution < -0.4 is 21.3 Å². The van der Waals surface area contributed by atoms with Crippen LogP contribution in [0.1, 0.15) is 137 Å². The normalized spacial score (nSPS) is 20.3. The van der Waals surface area contributed by atoms with Crippen LogP contribution in [-0.4, -0.2) is 43.6 Å². The summed E-state index contributed by atoms with van der Waals surface area (Å²) in [5.74, 6) is -0.980. The third-order valence-corrected chi connectivity index (χ3v) is 19.6. The molecule has 12 heteroatoms. The second kappa shape index (κ2) is 20.0. The molecule has 86 heavy (non-hydrogen) atoms. The Balaban J connectivity index is 1.16. The number of carbonyl (C=O) groups is 4. The first-order chi connectivity index (χ1) is 40.7. The predicted octanol–water partition coefficient (Wildman–Crippen LogP) is 17.1. The van der Waals surface area contributed by atoms with Gasteiger partial charge in [-0.15, -0.1) is 0 Å². The third kappa shape index (κ3) is 10.1. The highest BCUT2D eigenvalue weighted by Gasteiger charge is 2.53. The Bertz CT molecular complexity index is 3960. The maximum Gasteiger partial charge on any atom is 0.228 e. The molecular weight excluding hydrogens is 1060 g/mol. The Labute approximate surface area is 504 Å². The van der Waals surface area contributed by atoms with Gasteiger partial charge < -0.3 is 31.2 Å². The molecule has 0 radical (unpaired) electrons. The molecule has 6 aliphatic rings. The van der Waals surface area contributed by atoms with Gasteiger partial charge in [-0.2, -0.15) is 0 Å². The molecule has 2 aliphatic heterocycles. The van der Waals surface area contributed by atoms with E-state index in [2.05, 4.69) is 189 Å². The zero-order chi connectivity index (χ0) is 60.8. The van der Waals surface area contributed by atoms with Crippen LogP contribution in [0.5, 0.6) is 0 Å². The van der Waals surface area contributed by atoms with Crippen molar-refractivity contribution in [3.05, 3.63) is 141 Å². The number of hydrogen-bond donors (Lipinski definition) is 6. The number of carbonyl (C=O) groups excluding carboxylic acids is 4. The van der Waals surface area contributed by atoms with Gasteiger partial charge in [0, 0.05) is 79.1 Å². The second-order valence-corrected chi connectivity index (χ2v) is 28.4. The van der Waals surface area contributed by atoms with Gasteiger partial charge >= 0.3 is 0 Å². The molecule has 3 aromatic heterocycles. The van der Waals surface area contributed by atoms with Crippen LogP contribution in [0.25, 0.3) is 90.9 Å². The van der Waals surface area contributed by atoms with Gasteiger partial charge in [-0.05, 0) is 195 Å². The van der Waals surface area contributed by atoms with Gasteiger partial charge in [-0.25, -0.2) is 9.97 Å². The number of anilines is 4. The summed E-state index contributed by atoms with van der Waals surface area (Å²) in [6.07, 6.45) is 11.3. The van der Waals surface area contributed by atoms with Crippen molar-refractivity contribution >= 4 is 92.7 Å². The zero-order valence-corrected chi connectivity index (χ0v) is 52.1. The van der Waals surface area contributed by atoms with E-state index in [9.17, 15) is 19.2 Å². The Morgan fingerprint density at radius 1 is 0.360 bits per heavy atom. The Morgan fingerprint density at radius 2 is 0.581 bits per heavy atom. The molecule has 5 heterocycles. The van der Waals surface area contributed by atoms with E-state index in [0.717, 1.165) is 92.4 Å². The van der Waals surface area contributed by atoms with Crippen molar-refractivity contribution in [1.29, 1.82) is 0 Å². The molecule has 438 valence electrons. The quantitative estimate of drug-likeness (QED) is 0.0710. The van der Waals surface area contributed by atoms with Gasteiger partial charge in [0.1, 0.15) is 0 Å². The van der Waals surface area contributed by atoms with Crippen molar-refractivity contribution in [2.45, 2.75) is 123 Å². The van der Waals surface area contributed by atoms with Crippen molar-refractivity contribution < 1.29 is 19.2 Å². The van der Waals surface area contributed by atoms with E-state index in [1.165, 1.54) is 0 Å². The van der Waals surface area contributed by atoms with Crippen molar-refractivity contribution in [3.8, 4) is 44.5 Å². The van der Waals surface area contributed by atoms with Crippen molar-refractivity contribution in [1.82, 2.24) is 19.9 Å². The first kappa shape index (κ1) is 56.5. The maximum absolute atomic E-state index is 14.4. The predicted molar refractivity (Wildman–Crippen MR) is 351 cm³/mol. The minimum absolute atomic E-state index is 0.0721. The smallest absolute Gasteiger partial charge is 0.228 e. The summed E-state index contributed by atoms with van der Waals surface area (Å²) in [6, 6.07) is 28.6. The summed E-state index contributed by atoms with van der Waals surface area (Å²) >= 11 is 0. The van der Waals surface area contributed by atoms with Gasteiger partial charge in [-0.1, -0.05) is 103 Å². The number of H-pyrrole nitrogens is 2. The lowest BCUT2D eigenvalue weighted by atomic mass is 9.92.